The molecule has 1 amide bonds. The highest BCUT2D eigenvalue weighted by molar-refractivity contribution is 7.89. The van der Waals surface area contributed by atoms with Gasteiger partial charge in [-0.1, -0.05) is 12.1 Å². The summed E-state index contributed by atoms with van der Waals surface area (Å²) in [5.74, 6) is -0.696. The fourth-order valence-corrected chi connectivity index (χ4v) is 3.23. The van der Waals surface area contributed by atoms with Crippen LogP contribution < -0.4 is 14.6 Å². The lowest BCUT2D eigenvalue weighted by atomic mass is 10.2. The number of amides is 1. The summed E-state index contributed by atoms with van der Waals surface area (Å²) in [7, 11) is -3.83. The van der Waals surface area contributed by atoms with Gasteiger partial charge < -0.3 is 14.4 Å². The molecule has 3 rings (SSSR count). The number of benzene rings is 1. The topological polar surface area (TPSA) is 98.9 Å². The van der Waals surface area contributed by atoms with Gasteiger partial charge in [-0.25, -0.2) is 13.6 Å². The number of alkyl halides is 2. The Labute approximate surface area is 124 Å². The number of hydrogen-bond donors (Lipinski definition) is 1. The van der Waals surface area contributed by atoms with Gasteiger partial charge in [0.1, 0.15) is 5.25 Å². The number of ether oxygens (including phenoxy) is 2. The first-order chi connectivity index (χ1) is 10.2. The number of nitrogens with two attached hydrogens (primary N) is 1. The number of carbonyl (C=O) groups is 1. The van der Waals surface area contributed by atoms with Crippen molar-refractivity contribution in [3.8, 4) is 11.5 Å². The number of hydrogen-bond acceptors (Lipinski definition) is 5. The van der Waals surface area contributed by atoms with Crippen molar-refractivity contribution in [1.82, 2.24) is 4.90 Å². The zero-order chi connectivity index (χ0) is 16.1. The van der Waals surface area contributed by atoms with Gasteiger partial charge in [0.15, 0.2) is 11.5 Å². The van der Waals surface area contributed by atoms with E-state index in [1.165, 1.54) is 23.1 Å². The maximum Gasteiger partial charge on any atom is 0.586 e. The van der Waals surface area contributed by atoms with Crippen LogP contribution in [0.25, 0.3) is 0 Å². The summed E-state index contributed by atoms with van der Waals surface area (Å²) < 4.78 is 57.6. The van der Waals surface area contributed by atoms with Crippen LogP contribution in [-0.4, -0.2) is 37.3 Å². The van der Waals surface area contributed by atoms with E-state index in [-0.39, 0.29) is 31.0 Å². The Hall–Kier alpha value is -1.94. The number of sulfonamides is 1. The monoisotopic (exact) mass is 334 g/mol. The Morgan fingerprint density at radius 1 is 1.36 bits per heavy atom. The van der Waals surface area contributed by atoms with E-state index in [0.717, 1.165) is 0 Å². The molecule has 0 aromatic heterocycles. The largest absolute Gasteiger partial charge is 0.586 e. The third kappa shape index (κ3) is 2.71. The van der Waals surface area contributed by atoms with Crippen molar-refractivity contribution in [2.24, 2.45) is 5.14 Å². The molecule has 2 aliphatic heterocycles. The highest BCUT2D eigenvalue weighted by Gasteiger charge is 2.45. The standard InChI is InChI=1S/C12H12F2N2O5S/c13-12(14)20-9-3-1-2-7(11(9)21-12)5-16-6-8(4-10(16)17)22(15,18)19/h1-3,8H,4-6H2,(H2,15,18,19). The molecular weight excluding hydrogens is 322 g/mol. The Morgan fingerprint density at radius 3 is 2.73 bits per heavy atom. The smallest absolute Gasteiger partial charge is 0.395 e. The van der Waals surface area contributed by atoms with Gasteiger partial charge in [-0.3, -0.25) is 4.79 Å². The molecule has 1 aromatic carbocycles. The number of halogens is 2. The van der Waals surface area contributed by atoms with Crippen LogP contribution in [-0.2, 0) is 21.4 Å². The van der Waals surface area contributed by atoms with Gasteiger partial charge in [0, 0.05) is 25.1 Å². The van der Waals surface area contributed by atoms with Crippen LogP contribution in [0.1, 0.15) is 12.0 Å². The third-order valence-corrected chi connectivity index (χ3v) is 4.76. The van der Waals surface area contributed by atoms with Gasteiger partial charge in [0.05, 0.1) is 0 Å². The van der Waals surface area contributed by atoms with E-state index in [9.17, 15) is 22.0 Å². The predicted octanol–water partition coefficient (Wildman–Crippen LogP) is 0.398. The van der Waals surface area contributed by atoms with Crippen molar-refractivity contribution in [3.05, 3.63) is 23.8 Å². The van der Waals surface area contributed by atoms with Gasteiger partial charge in [0.2, 0.25) is 15.9 Å². The van der Waals surface area contributed by atoms with Gasteiger partial charge >= 0.3 is 6.29 Å². The van der Waals surface area contributed by atoms with Crippen LogP contribution >= 0.6 is 0 Å². The minimum Gasteiger partial charge on any atom is -0.395 e. The van der Waals surface area contributed by atoms with Crippen molar-refractivity contribution in [2.45, 2.75) is 24.5 Å². The highest BCUT2D eigenvalue weighted by atomic mass is 32.2. The van der Waals surface area contributed by atoms with Gasteiger partial charge in [-0.15, -0.1) is 8.78 Å². The van der Waals surface area contributed by atoms with Crippen LogP contribution in [0.15, 0.2) is 18.2 Å². The van der Waals surface area contributed by atoms with E-state index in [0.29, 0.717) is 5.56 Å². The molecule has 120 valence electrons. The summed E-state index contributed by atoms with van der Waals surface area (Å²) in [6.07, 6.45) is -3.97. The molecule has 1 atom stereocenters. The van der Waals surface area contributed by atoms with Crippen molar-refractivity contribution >= 4 is 15.9 Å². The van der Waals surface area contributed by atoms with Crippen molar-refractivity contribution in [2.75, 3.05) is 6.54 Å². The van der Waals surface area contributed by atoms with Crippen molar-refractivity contribution in [3.63, 3.8) is 0 Å². The second-order valence-corrected chi connectivity index (χ2v) is 6.95. The average molecular weight is 334 g/mol. The van der Waals surface area contributed by atoms with Crippen LogP contribution in [0.2, 0.25) is 0 Å². The van der Waals surface area contributed by atoms with Crippen molar-refractivity contribution in [1.29, 1.82) is 0 Å². The van der Waals surface area contributed by atoms with Crippen LogP contribution in [0, 0.1) is 0 Å². The fourth-order valence-electron chi connectivity index (χ4n) is 2.46. The van der Waals surface area contributed by atoms with Crippen LogP contribution in [0.4, 0.5) is 8.78 Å². The molecule has 7 nitrogen and oxygen atoms in total. The summed E-state index contributed by atoms with van der Waals surface area (Å²) in [4.78, 5) is 13.1. The zero-order valence-electron chi connectivity index (χ0n) is 11.2. The van der Waals surface area contributed by atoms with E-state index in [2.05, 4.69) is 9.47 Å². The lowest BCUT2D eigenvalue weighted by Crippen LogP contribution is -2.32. The molecule has 0 spiro atoms. The molecular formula is C12H12F2N2O5S. The molecule has 1 saturated heterocycles. The van der Waals surface area contributed by atoms with E-state index in [4.69, 9.17) is 5.14 Å². The van der Waals surface area contributed by atoms with E-state index >= 15 is 0 Å². The second kappa shape index (κ2) is 4.78. The molecule has 0 radical (unpaired) electrons. The second-order valence-electron chi connectivity index (χ2n) is 5.10. The first-order valence-electron chi connectivity index (χ1n) is 6.33. The first-order valence-corrected chi connectivity index (χ1v) is 7.94. The summed E-state index contributed by atoms with van der Waals surface area (Å²) in [6, 6.07) is 4.30. The Balaban J connectivity index is 1.81. The number of likely N-dealkylation sites (tertiary alicyclic amines) is 1. The maximum absolute atomic E-state index is 13.1. The quantitative estimate of drug-likeness (QED) is 0.862. The lowest BCUT2D eigenvalue weighted by Gasteiger charge is -2.17. The number of fused-ring (bicyclic) bond motifs is 1. The molecule has 0 aliphatic carbocycles. The summed E-state index contributed by atoms with van der Waals surface area (Å²) in [6.45, 7) is -0.147. The molecule has 2 heterocycles. The molecule has 2 aliphatic rings. The minimum absolute atomic E-state index is 0.0620. The van der Waals surface area contributed by atoms with Crippen LogP contribution in [0.3, 0.4) is 0 Å². The van der Waals surface area contributed by atoms with Gasteiger partial charge in [0.25, 0.3) is 0 Å². The SMILES string of the molecule is NS(=O)(=O)C1CC(=O)N(Cc2cccc3c2OC(F)(F)O3)C1. The normalized spacial score (nSPS) is 23.1. The molecule has 10 heteroatoms. The summed E-state index contributed by atoms with van der Waals surface area (Å²) in [5, 5.41) is 4.04. The number of rotatable bonds is 3. The van der Waals surface area contributed by atoms with Gasteiger partial charge in [-0.2, -0.15) is 0 Å². The Kier molecular flexibility index (Phi) is 3.25. The highest BCUT2D eigenvalue weighted by Crippen LogP contribution is 2.43. The van der Waals surface area contributed by atoms with E-state index < -0.39 is 27.5 Å². The lowest BCUT2D eigenvalue weighted by molar-refractivity contribution is -0.287. The molecule has 1 unspecified atom stereocenters. The molecule has 0 bridgehead atoms. The summed E-state index contributed by atoms with van der Waals surface area (Å²) >= 11 is 0. The zero-order valence-corrected chi connectivity index (χ0v) is 12.0. The third-order valence-electron chi connectivity index (χ3n) is 3.51. The fraction of sp³-hybridized carbons (Fsp3) is 0.417. The molecule has 1 aromatic rings. The maximum atomic E-state index is 13.1. The Morgan fingerprint density at radius 2 is 2.09 bits per heavy atom. The predicted molar refractivity (Wildman–Crippen MR) is 69.6 cm³/mol. The summed E-state index contributed by atoms with van der Waals surface area (Å²) in [5.41, 5.74) is 0.304. The molecule has 0 saturated carbocycles. The number of nitrogens with zero attached hydrogens (tertiary/aromatic N) is 1. The molecule has 22 heavy (non-hydrogen) atoms. The van der Waals surface area contributed by atoms with E-state index in [1.807, 2.05) is 0 Å². The van der Waals surface area contributed by atoms with Gasteiger partial charge in [-0.05, 0) is 6.07 Å². The number of para-hydroxylation sites is 1. The van der Waals surface area contributed by atoms with Crippen LogP contribution in [0.5, 0.6) is 11.5 Å². The number of primary sulfonamides is 1. The number of carbonyl (C=O) groups excluding carboxylic acids is 1. The average Bonchev–Trinajstić information content (AvgIpc) is 2.89. The molecule has 2 N–H and O–H groups in total. The van der Waals surface area contributed by atoms with E-state index in [1.54, 1.807) is 0 Å². The minimum atomic E-state index is -3.83. The molecule has 1 fully saturated rings. The van der Waals surface area contributed by atoms with Crippen molar-refractivity contribution < 1.29 is 31.5 Å². The first kappa shape index (κ1) is 15.0. The Bertz CT molecular complexity index is 737.